The first-order valence-corrected chi connectivity index (χ1v) is 8.46. The van der Waals surface area contributed by atoms with E-state index in [2.05, 4.69) is 0 Å². The highest BCUT2D eigenvalue weighted by Crippen LogP contribution is 2.32. The minimum Gasteiger partial charge on any atom is -0.494 e. The van der Waals surface area contributed by atoms with Gasteiger partial charge in [-0.25, -0.2) is 0 Å². The zero-order valence-corrected chi connectivity index (χ0v) is 14.4. The van der Waals surface area contributed by atoms with Crippen LogP contribution in [0.5, 0.6) is 11.5 Å². The fraction of sp³-hybridized carbons (Fsp3) is 0.263. The standard InChI is InChI=1S/C19H18ClNO4/c20-15-4-6-16(7-5-15)24-10-2-1-9-21-17-11-14(12-22)3-8-18(17)25-13-19(21)23/h3-8,11-12H,1-2,9-10,13H2. The summed E-state index contributed by atoms with van der Waals surface area (Å²) in [5, 5.41) is 0.673. The van der Waals surface area contributed by atoms with E-state index < -0.39 is 0 Å². The highest BCUT2D eigenvalue weighted by atomic mass is 35.5. The summed E-state index contributed by atoms with van der Waals surface area (Å²) in [7, 11) is 0. The van der Waals surface area contributed by atoms with Gasteiger partial charge in [-0.3, -0.25) is 9.59 Å². The third-order valence-electron chi connectivity index (χ3n) is 3.92. The number of anilines is 1. The van der Waals surface area contributed by atoms with E-state index in [1.54, 1.807) is 35.2 Å². The normalized spacial score (nSPS) is 13.2. The molecule has 2 aromatic carbocycles. The first-order chi connectivity index (χ1) is 12.2. The summed E-state index contributed by atoms with van der Waals surface area (Å²) in [5.41, 5.74) is 1.17. The number of amides is 1. The van der Waals surface area contributed by atoms with Crippen LogP contribution in [0.4, 0.5) is 5.69 Å². The van der Waals surface area contributed by atoms with Crippen LogP contribution in [0, 0.1) is 0 Å². The number of ether oxygens (including phenoxy) is 2. The van der Waals surface area contributed by atoms with Gasteiger partial charge in [0.15, 0.2) is 6.61 Å². The van der Waals surface area contributed by atoms with Gasteiger partial charge in [0.2, 0.25) is 0 Å². The Morgan fingerprint density at radius 2 is 1.96 bits per heavy atom. The number of carbonyl (C=O) groups is 2. The van der Waals surface area contributed by atoms with Crippen LogP contribution in [0.25, 0.3) is 0 Å². The van der Waals surface area contributed by atoms with Crippen molar-refractivity contribution >= 4 is 29.5 Å². The van der Waals surface area contributed by atoms with Crippen molar-refractivity contribution in [3.05, 3.63) is 53.1 Å². The summed E-state index contributed by atoms with van der Waals surface area (Å²) in [6.45, 7) is 1.14. The van der Waals surface area contributed by atoms with Crippen LogP contribution in [-0.2, 0) is 4.79 Å². The van der Waals surface area contributed by atoms with E-state index in [0.717, 1.165) is 24.9 Å². The Bertz CT molecular complexity index is 761. The predicted octanol–water partition coefficient (Wildman–Crippen LogP) is 3.74. The molecule has 0 fully saturated rings. The number of benzene rings is 2. The fourth-order valence-electron chi connectivity index (χ4n) is 2.63. The predicted molar refractivity (Wildman–Crippen MR) is 95.9 cm³/mol. The summed E-state index contributed by atoms with van der Waals surface area (Å²) in [4.78, 5) is 24.8. The van der Waals surface area contributed by atoms with Gasteiger partial charge in [-0.05, 0) is 55.3 Å². The van der Waals surface area contributed by atoms with Gasteiger partial charge in [-0.15, -0.1) is 0 Å². The molecule has 25 heavy (non-hydrogen) atoms. The van der Waals surface area contributed by atoms with Gasteiger partial charge in [-0.1, -0.05) is 11.6 Å². The zero-order valence-electron chi connectivity index (χ0n) is 13.6. The van der Waals surface area contributed by atoms with Crippen LogP contribution in [0.1, 0.15) is 23.2 Å². The van der Waals surface area contributed by atoms with Gasteiger partial charge in [0.05, 0.1) is 12.3 Å². The van der Waals surface area contributed by atoms with Crippen molar-refractivity contribution in [2.75, 3.05) is 24.7 Å². The van der Waals surface area contributed by atoms with Gasteiger partial charge in [0, 0.05) is 17.1 Å². The molecule has 0 radical (unpaired) electrons. The fourth-order valence-corrected chi connectivity index (χ4v) is 2.76. The van der Waals surface area contributed by atoms with Gasteiger partial charge >= 0.3 is 0 Å². The van der Waals surface area contributed by atoms with E-state index >= 15 is 0 Å². The Hall–Kier alpha value is -2.53. The Balaban J connectivity index is 1.53. The minimum atomic E-state index is -0.103. The monoisotopic (exact) mass is 359 g/mol. The molecule has 0 saturated carbocycles. The van der Waals surface area contributed by atoms with Crippen molar-refractivity contribution in [2.45, 2.75) is 12.8 Å². The summed E-state index contributed by atoms with van der Waals surface area (Å²) in [6, 6.07) is 12.3. The van der Waals surface area contributed by atoms with E-state index in [4.69, 9.17) is 21.1 Å². The SMILES string of the molecule is O=Cc1ccc2c(c1)N(CCCCOc1ccc(Cl)cc1)C(=O)CO2. The second kappa shape index (κ2) is 8.03. The quantitative estimate of drug-likeness (QED) is 0.558. The number of nitrogens with zero attached hydrogens (tertiary/aromatic N) is 1. The molecule has 0 aromatic heterocycles. The Labute approximate surface area is 151 Å². The van der Waals surface area contributed by atoms with Crippen LogP contribution in [-0.4, -0.2) is 32.0 Å². The van der Waals surface area contributed by atoms with Crippen molar-refractivity contribution in [2.24, 2.45) is 0 Å². The molecule has 6 heteroatoms. The highest BCUT2D eigenvalue weighted by molar-refractivity contribution is 6.30. The summed E-state index contributed by atoms with van der Waals surface area (Å²) in [5.74, 6) is 1.30. The average Bonchev–Trinajstić information content (AvgIpc) is 2.64. The van der Waals surface area contributed by atoms with Gasteiger partial charge in [0.1, 0.15) is 17.8 Å². The van der Waals surface area contributed by atoms with Crippen LogP contribution >= 0.6 is 11.6 Å². The highest BCUT2D eigenvalue weighted by Gasteiger charge is 2.25. The van der Waals surface area contributed by atoms with E-state index in [9.17, 15) is 9.59 Å². The molecule has 1 amide bonds. The lowest BCUT2D eigenvalue weighted by Crippen LogP contribution is -2.39. The number of fused-ring (bicyclic) bond motifs is 1. The summed E-state index contributed by atoms with van der Waals surface area (Å²) >= 11 is 5.83. The van der Waals surface area contributed by atoms with Gasteiger partial charge < -0.3 is 14.4 Å². The average molecular weight is 360 g/mol. The van der Waals surface area contributed by atoms with Crippen molar-refractivity contribution in [1.29, 1.82) is 0 Å². The second-order valence-corrected chi connectivity index (χ2v) is 6.12. The Kier molecular flexibility index (Phi) is 5.56. The van der Waals surface area contributed by atoms with Crippen molar-refractivity contribution in [3.8, 4) is 11.5 Å². The Morgan fingerprint density at radius 3 is 2.72 bits per heavy atom. The van der Waals surface area contributed by atoms with Crippen LogP contribution in [0.15, 0.2) is 42.5 Å². The molecular formula is C19H18ClNO4. The van der Waals surface area contributed by atoms with Crippen LogP contribution in [0.3, 0.4) is 0 Å². The molecule has 1 heterocycles. The molecule has 1 aliphatic rings. The van der Waals surface area contributed by atoms with Gasteiger partial charge in [0.25, 0.3) is 5.91 Å². The maximum atomic E-state index is 12.1. The lowest BCUT2D eigenvalue weighted by molar-refractivity contribution is -0.121. The number of carbonyl (C=O) groups excluding carboxylic acids is 2. The second-order valence-electron chi connectivity index (χ2n) is 5.69. The zero-order chi connectivity index (χ0) is 17.6. The molecule has 0 unspecified atom stereocenters. The molecular weight excluding hydrogens is 342 g/mol. The number of aldehydes is 1. The minimum absolute atomic E-state index is 0.0225. The van der Waals surface area contributed by atoms with Crippen molar-refractivity contribution in [1.82, 2.24) is 0 Å². The Morgan fingerprint density at radius 1 is 1.16 bits per heavy atom. The lowest BCUT2D eigenvalue weighted by Gasteiger charge is -2.29. The lowest BCUT2D eigenvalue weighted by atomic mass is 10.1. The molecule has 0 saturated heterocycles. The molecule has 1 aliphatic heterocycles. The van der Waals surface area contributed by atoms with E-state index in [-0.39, 0.29) is 12.5 Å². The third kappa shape index (κ3) is 4.31. The number of hydrogen-bond donors (Lipinski definition) is 0. The number of hydrogen-bond acceptors (Lipinski definition) is 4. The van der Waals surface area contributed by atoms with Crippen molar-refractivity contribution < 1.29 is 19.1 Å². The van der Waals surface area contributed by atoms with E-state index in [1.165, 1.54) is 0 Å². The van der Waals surface area contributed by atoms with Crippen LogP contribution in [0.2, 0.25) is 5.02 Å². The van der Waals surface area contributed by atoms with E-state index in [0.29, 0.717) is 35.2 Å². The van der Waals surface area contributed by atoms with Gasteiger partial charge in [-0.2, -0.15) is 0 Å². The molecule has 0 spiro atoms. The first kappa shape index (κ1) is 17.3. The molecule has 3 rings (SSSR count). The topological polar surface area (TPSA) is 55.8 Å². The summed E-state index contributed by atoms with van der Waals surface area (Å²) < 4.78 is 11.1. The molecule has 0 atom stereocenters. The molecule has 5 nitrogen and oxygen atoms in total. The molecule has 130 valence electrons. The maximum absolute atomic E-state index is 12.1. The van der Waals surface area contributed by atoms with E-state index in [1.807, 2.05) is 12.1 Å². The third-order valence-corrected chi connectivity index (χ3v) is 4.17. The molecule has 0 bridgehead atoms. The maximum Gasteiger partial charge on any atom is 0.265 e. The number of unbranched alkanes of at least 4 members (excludes halogenated alkanes) is 1. The summed E-state index contributed by atoms with van der Waals surface area (Å²) in [6.07, 6.45) is 2.34. The molecule has 0 aliphatic carbocycles. The largest absolute Gasteiger partial charge is 0.494 e. The smallest absolute Gasteiger partial charge is 0.265 e. The number of halogens is 1. The molecule has 0 N–H and O–H groups in total. The molecule has 2 aromatic rings. The number of rotatable bonds is 7. The van der Waals surface area contributed by atoms with Crippen molar-refractivity contribution in [3.63, 3.8) is 0 Å². The van der Waals surface area contributed by atoms with Crippen LogP contribution < -0.4 is 14.4 Å². The first-order valence-electron chi connectivity index (χ1n) is 8.08.